The Bertz CT molecular complexity index is 1080. The van der Waals surface area contributed by atoms with Gasteiger partial charge in [0.25, 0.3) is 0 Å². The molecule has 0 aromatic carbocycles. The average molecular weight is 391 g/mol. The number of aromatic nitrogens is 4. The summed E-state index contributed by atoms with van der Waals surface area (Å²) in [5, 5.41) is 4.53. The van der Waals surface area contributed by atoms with Crippen LogP contribution < -0.4 is 11.1 Å². The van der Waals surface area contributed by atoms with Crippen LogP contribution >= 0.6 is 0 Å². The van der Waals surface area contributed by atoms with Crippen LogP contribution in [0.3, 0.4) is 0 Å². The molecule has 0 N–H and O–H groups in total. The normalized spacial score (nSPS) is 19.3. The van der Waals surface area contributed by atoms with Crippen molar-refractivity contribution in [3.63, 3.8) is 0 Å². The lowest BCUT2D eigenvalue weighted by Gasteiger charge is -2.37. The molecule has 4 rings (SSSR count). The molecule has 0 bridgehead atoms. The summed E-state index contributed by atoms with van der Waals surface area (Å²) in [6.07, 6.45) is 4.71. The molecule has 0 saturated carbocycles. The quantitative estimate of drug-likeness (QED) is 0.656. The van der Waals surface area contributed by atoms with Gasteiger partial charge in [-0.3, -0.25) is 19.1 Å². The van der Waals surface area contributed by atoms with Gasteiger partial charge in [0.15, 0.2) is 0 Å². The molecule has 4 heterocycles. The topological polar surface area (TPSA) is 107 Å². The molecule has 0 unspecified atom stereocenters. The van der Waals surface area contributed by atoms with E-state index in [-0.39, 0.29) is 12.0 Å². The molecule has 0 aliphatic carbocycles. The van der Waals surface area contributed by atoms with Crippen LogP contribution in [-0.2, 0) is 28.5 Å². The van der Waals surface area contributed by atoms with Crippen LogP contribution in [0.2, 0.25) is 0 Å². The van der Waals surface area contributed by atoms with Crippen molar-refractivity contribution in [3.8, 4) is 0 Å². The van der Waals surface area contributed by atoms with E-state index in [1.165, 1.54) is 19.8 Å². The standard InChI is InChI=1S/C17H21N5O4S/c1-27(25,26)20-9-5-17(6-10-20)7-11-21-14(23)15(24)22(19-16(17)21)12-13-4-2-3-8-18-13/h2-4,8H,5-7,9-12H2,1H3. The first-order chi connectivity index (χ1) is 12.8. The van der Waals surface area contributed by atoms with Crippen molar-refractivity contribution in [2.45, 2.75) is 37.8 Å². The van der Waals surface area contributed by atoms with Crippen molar-refractivity contribution in [1.82, 2.24) is 23.6 Å². The maximum absolute atomic E-state index is 12.6. The Labute approximate surface area is 156 Å². The number of nitrogens with zero attached hydrogens (tertiary/aromatic N) is 5. The van der Waals surface area contributed by atoms with Gasteiger partial charge in [-0.05, 0) is 31.4 Å². The fourth-order valence-electron chi connectivity index (χ4n) is 4.04. The summed E-state index contributed by atoms with van der Waals surface area (Å²) < 4.78 is 27.7. The Kier molecular flexibility index (Phi) is 4.26. The number of fused-ring (bicyclic) bond motifs is 2. The number of hydrogen-bond donors (Lipinski definition) is 0. The highest BCUT2D eigenvalue weighted by Crippen LogP contribution is 2.41. The molecule has 0 amide bonds. The second-order valence-corrected chi connectivity index (χ2v) is 9.24. The van der Waals surface area contributed by atoms with Crippen molar-refractivity contribution in [2.75, 3.05) is 19.3 Å². The zero-order chi connectivity index (χ0) is 19.2. The van der Waals surface area contributed by atoms with Gasteiger partial charge in [0.2, 0.25) is 10.0 Å². The summed E-state index contributed by atoms with van der Waals surface area (Å²) in [4.78, 5) is 29.2. The van der Waals surface area contributed by atoms with E-state index < -0.39 is 21.1 Å². The van der Waals surface area contributed by atoms with Crippen LogP contribution in [0.15, 0.2) is 34.0 Å². The Morgan fingerprint density at radius 2 is 1.78 bits per heavy atom. The fraction of sp³-hybridized carbons (Fsp3) is 0.529. The average Bonchev–Trinajstić information content (AvgIpc) is 2.98. The molecule has 1 fully saturated rings. The highest BCUT2D eigenvalue weighted by molar-refractivity contribution is 7.88. The molecule has 2 aromatic heterocycles. The fourth-order valence-corrected chi connectivity index (χ4v) is 4.89. The summed E-state index contributed by atoms with van der Waals surface area (Å²) in [5.74, 6) is 0.594. The lowest BCUT2D eigenvalue weighted by molar-refractivity contribution is 0.225. The first-order valence-corrected chi connectivity index (χ1v) is 10.7. The zero-order valence-corrected chi connectivity index (χ0v) is 15.9. The van der Waals surface area contributed by atoms with E-state index in [0.29, 0.717) is 50.4 Å². The minimum atomic E-state index is -3.23. The minimum absolute atomic E-state index is 0.133. The van der Waals surface area contributed by atoms with Crippen LogP contribution in [0.5, 0.6) is 0 Å². The molecule has 10 heteroatoms. The van der Waals surface area contributed by atoms with Crippen molar-refractivity contribution < 1.29 is 8.42 Å². The van der Waals surface area contributed by atoms with Gasteiger partial charge in [-0.2, -0.15) is 5.10 Å². The molecule has 2 aliphatic heterocycles. The number of hydrogen-bond acceptors (Lipinski definition) is 6. The van der Waals surface area contributed by atoms with Gasteiger partial charge < -0.3 is 0 Å². The maximum atomic E-state index is 12.6. The SMILES string of the molecule is CS(=O)(=O)N1CCC2(CC1)CCn1c2nn(Cc2ccccn2)c(=O)c1=O. The molecule has 2 aromatic rings. The molecular weight excluding hydrogens is 370 g/mol. The molecule has 1 saturated heterocycles. The van der Waals surface area contributed by atoms with E-state index in [1.807, 2.05) is 6.07 Å². The molecule has 1 spiro atoms. The summed E-state index contributed by atoms with van der Waals surface area (Å²) in [6.45, 7) is 1.37. The van der Waals surface area contributed by atoms with E-state index in [4.69, 9.17) is 0 Å². The lowest BCUT2D eigenvalue weighted by Crippen LogP contribution is -2.48. The smallest absolute Gasteiger partial charge is 0.290 e. The number of rotatable bonds is 3. The van der Waals surface area contributed by atoms with Crippen LogP contribution in [0.4, 0.5) is 0 Å². The minimum Gasteiger partial charge on any atom is -0.290 e. The van der Waals surface area contributed by atoms with Crippen molar-refractivity contribution >= 4 is 10.0 Å². The van der Waals surface area contributed by atoms with Crippen LogP contribution in [-0.4, -0.2) is 51.4 Å². The van der Waals surface area contributed by atoms with Crippen LogP contribution in [0, 0.1) is 0 Å². The van der Waals surface area contributed by atoms with Gasteiger partial charge in [-0.1, -0.05) is 6.07 Å². The summed E-state index contributed by atoms with van der Waals surface area (Å²) in [7, 11) is -3.23. The molecule has 0 radical (unpaired) electrons. The highest BCUT2D eigenvalue weighted by atomic mass is 32.2. The molecule has 27 heavy (non-hydrogen) atoms. The molecular formula is C17H21N5O4S. The van der Waals surface area contributed by atoms with E-state index in [1.54, 1.807) is 18.3 Å². The number of sulfonamides is 1. The predicted molar refractivity (Wildman–Crippen MR) is 98.0 cm³/mol. The van der Waals surface area contributed by atoms with Crippen molar-refractivity contribution in [2.24, 2.45) is 0 Å². The zero-order valence-electron chi connectivity index (χ0n) is 15.0. The van der Waals surface area contributed by atoms with E-state index in [0.717, 1.165) is 0 Å². The third kappa shape index (κ3) is 3.12. The number of pyridine rings is 1. The van der Waals surface area contributed by atoms with E-state index in [2.05, 4.69) is 10.1 Å². The maximum Gasteiger partial charge on any atom is 0.332 e. The van der Waals surface area contributed by atoms with Crippen LogP contribution in [0.25, 0.3) is 0 Å². The van der Waals surface area contributed by atoms with Gasteiger partial charge in [-0.15, -0.1) is 0 Å². The second-order valence-electron chi connectivity index (χ2n) is 7.26. The van der Waals surface area contributed by atoms with Crippen LogP contribution in [0.1, 0.15) is 30.8 Å². The Morgan fingerprint density at radius 1 is 1.07 bits per heavy atom. The molecule has 0 atom stereocenters. The highest BCUT2D eigenvalue weighted by Gasteiger charge is 2.45. The van der Waals surface area contributed by atoms with Crippen molar-refractivity contribution in [1.29, 1.82) is 0 Å². The Hall–Kier alpha value is -2.33. The first kappa shape index (κ1) is 18.1. The third-order valence-corrected chi connectivity index (χ3v) is 6.91. The predicted octanol–water partition coefficient (Wildman–Crippen LogP) is -0.455. The van der Waals surface area contributed by atoms with Gasteiger partial charge in [0, 0.05) is 31.2 Å². The largest absolute Gasteiger partial charge is 0.332 e. The van der Waals surface area contributed by atoms with Gasteiger partial charge in [0.05, 0.1) is 18.5 Å². The third-order valence-electron chi connectivity index (χ3n) is 5.61. The molecule has 2 aliphatic rings. The van der Waals surface area contributed by atoms with Gasteiger partial charge >= 0.3 is 11.1 Å². The molecule has 144 valence electrons. The monoisotopic (exact) mass is 391 g/mol. The molecule has 9 nitrogen and oxygen atoms in total. The van der Waals surface area contributed by atoms with Crippen molar-refractivity contribution in [3.05, 3.63) is 56.6 Å². The number of piperidine rings is 1. The van der Waals surface area contributed by atoms with E-state index >= 15 is 0 Å². The van der Waals surface area contributed by atoms with Gasteiger partial charge in [-0.25, -0.2) is 17.4 Å². The summed E-state index contributed by atoms with van der Waals surface area (Å²) >= 11 is 0. The Morgan fingerprint density at radius 3 is 2.41 bits per heavy atom. The lowest BCUT2D eigenvalue weighted by atomic mass is 9.77. The van der Waals surface area contributed by atoms with E-state index in [9.17, 15) is 18.0 Å². The second kappa shape index (κ2) is 6.38. The summed E-state index contributed by atoms with van der Waals surface area (Å²) in [5.41, 5.74) is -0.941. The first-order valence-electron chi connectivity index (χ1n) is 8.88. The summed E-state index contributed by atoms with van der Waals surface area (Å²) in [6, 6.07) is 5.37. The Balaban J connectivity index is 1.71. The van der Waals surface area contributed by atoms with Gasteiger partial charge in [0.1, 0.15) is 5.82 Å².